The summed E-state index contributed by atoms with van der Waals surface area (Å²) < 4.78 is 0. The molecule has 0 spiro atoms. The maximum Gasteiger partial charge on any atom is 0.162 e. The van der Waals surface area contributed by atoms with Crippen molar-refractivity contribution in [3.05, 3.63) is 90.7 Å². The van der Waals surface area contributed by atoms with Gasteiger partial charge in [0, 0.05) is 43.4 Å². The van der Waals surface area contributed by atoms with Crippen LogP contribution in [0.4, 0.5) is 0 Å². The number of aliphatic hydroxyl groups is 1. The van der Waals surface area contributed by atoms with Gasteiger partial charge in [-0.3, -0.25) is 9.78 Å². The summed E-state index contributed by atoms with van der Waals surface area (Å²) in [4.78, 5) is 16.8. The molecular formula is C40H54IrNO2Si2-. The van der Waals surface area contributed by atoms with E-state index < -0.39 is 16.1 Å². The first-order valence-electron chi connectivity index (χ1n) is 16.7. The number of aromatic nitrogens is 1. The number of pyridine rings is 1. The predicted octanol–water partition coefficient (Wildman–Crippen LogP) is 10.3. The Kier molecular flexibility index (Phi) is 15.0. The number of rotatable bonds is 11. The van der Waals surface area contributed by atoms with E-state index in [2.05, 4.69) is 118 Å². The van der Waals surface area contributed by atoms with Gasteiger partial charge in [0.25, 0.3) is 0 Å². The third-order valence-corrected chi connectivity index (χ3v) is 12.9. The Hall–Kier alpha value is -2.64. The number of fused-ring (bicyclic) bond motifs is 1. The molecule has 1 heterocycles. The Balaban J connectivity index is 0.000000394. The van der Waals surface area contributed by atoms with Crippen LogP contribution in [0.25, 0.3) is 33.3 Å². The fourth-order valence-electron chi connectivity index (χ4n) is 5.55. The average molecular weight is 829 g/mol. The first-order chi connectivity index (χ1) is 21.2. The van der Waals surface area contributed by atoms with Gasteiger partial charge >= 0.3 is 0 Å². The van der Waals surface area contributed by atoms with E-state index in [1.165, 1.54) is 33.0 Å². The summed E-state index contributed by atoms with van der Waals surface area (Å²) in [5, 5.41) is 13.9. The summed E-state index contributed by atoms with van der Waals surface area (Å²) in [6, 6.07) is 29.8. The van der Waals surface area contributed by atoms with Crippen LogP contribution in [0.3, 0.4) is 0 Å². The van der Waals surface area contributed by atoms with Crippen LogP contribution in [0.1, 0.15) is 53.4 Å². The molecule has 4 aromatic rings. The Morgan fingerprint density at radius 1 is 0.783 bits per heavy atom. The SMILES string of the molecule is CCC(CC)C(=O)/C=C(\O)C(CC)CC.C[Si](C)(C)c1cc[c-]c(-c2cc(-c3ccccc3)c3cc([Si](C)(C)C)ccc3n2)c1.[Ir]. The standard InChI is InChI=1S/C27H30NSi2.C13H24O2.Ir/c1-29(2,3)22-14-10-13-21(17-22)27-19-24(20-11-8-7-9-12-20)25-18-23(30(4,5)6)15-16-26(25)28-27;1-5-10(6-2)12(14)9-13(15)11(7-3)8-4;/h7-12,14-19H,1-6H3;9-11,14H,5-8H2,1-4H3;/q-1;;/b;12-9-;. The largest absolute Gasteiger partial charge is 0.512 e. The minimum atomic E-state index is -1.41. The first kappa shape index (κ1) is 39.5. The Labute approximate surface area is 294 Å². The van der Waals surface area contributed by atoms with Gasteiger partial charge in [-0.25, -0.2) is 0 Å². The van der Waals surface area contributed by atoms with Gasteiger partial charge in [-0.2, -0.15) is 0 Å². The molecule has 1 N–H and O–H groups in total. The van der Waals surface area contributed by atoms with Crippen LogP contribution in [0.15, 0.2) is 84.6 Å². The molecule has 1 radical (unpaired) electrons. The molecule has 0 atom stereocenters. The number of allylic oxidation sites excluding steroid dienone is 2. The van der Waals surface area contributed by atoms with Crippen molar-refractivity contribution in [3.8, 4) is 22.4 Å². The van der Waals surface area contributed by atoms with Crippen LogP contribution < -0.4 is 10.4 Å². The van der Waals surface area contributed by atoms with Gasteiger partial charge in [0.05, 0.1) is 27.4 Å². The molecule has 46 heavy (non-hydrogen) atoms. The van der Waals surface area contributed by atoms with E-state index in [4.69, 9.17) is 4.98 Å². The zero-order valence-electron chi connectivity index (χ0n) is 29.6. The second-order valence-electron chi connectivity index (χ2n) is 14.1. The summed E-state index contributed by atoms with van der Waals surface area (Å²) in [6.07, 6.45) is 4.91. The second-order valence-corrected chi connectivity index (χ2v) is 24.3. The topological polar surface area (TPSA) is 50.2 Å². The molecule has 0 fully saturated rings. The van der Waals surface area contributed by atoms with Crippen LogP contribution in [-0.2, 0) is 24.9 Å². The average Bonchev–Trinajstić information content (AvgIpc) is 3.01. The number of aliphatic hydroxyl groups excluding tert-OH is 1. The molecule has 3 aromatic carbocycles. The fraction of sp³-hybridized carbons (Fsp3) is 0.400. The fourth-order valence-corrected chi connectivity index (χ4v) is 7.87. The minimum absolute atomic E-state index is 0. The molecule has 0 bridgehead atoms. The summed E-state index contributed by atoms with van der Waals surface area (Å²) in [5.41, 5.74) is 5.63. The first-order valence-corrected chi connectivity index (χ1v) is 23.7. The van der Waals surface area contributed by atoms with Crippen molar-refractivity contribution < 1.29 is 30.0 Å². The number of hydrogen-bond donors (Lipinski definition) is 1. The zero-order valence-corrected chi connectivity index (χ0v) is 34.0. The van der Waals surface area contributed by atoms with Gasteiger partial charge in [0.2, 0.25) is 0 Å². The quantitative estimate of drug-likeness (QED) is 0.0709. The van der Waals surface area contributed by atoms with Crippen LogP contribution >= 0.6 is 0 Å². The number of ketones is 1. The van der Waals surface area contributed by atoms with E-state index >= 15 is 0 Å². The van der Waals surface area contributed by atoms with Crippen molar-refractivity contribution in [1.82, 2.24) is 4.98 Å². The van der Waals surface area contributed by atoms with Crippen LogP contribution in [-0.4, -0.2) is 32.0 Å². The molecule has 0 unspecified atom stereocenters. The van der Waals surface area contributed by atoms with E-state index in [0.717, 1.165) is 42.5 Å². The number of hydrogen-bond acceptors (Lipinski definition) is 3. The third-order valence-electron chi connectivity index (χ3n) is 8.79. The number of carbonyl (C=O) groups excluding carboxylic acids is 1. The number of nitrogens with zero attached hydrogens (tertiary/aromatic N) is 1. The van der Waals surface area contributed by atoms with Crippen molar-refractivity contribution in [2.75, 3.05) is 0 Å². The molecule has 0 saturated carbocycles. The normalized spacial score (nSPS) is 12.1. The van der Waals surface area contributed by atoms with Crippen molar-refractivity contribution >= 4 is 43.2 Å². The Bertz CT molecular complexity index is 1600. The summed E-state index contributed by atoms with van der Waals surface area (Å²) in [6.45, 7) is 22.4. The van der Waals surface area contributed by atoms with Gasteiger partial charge in [0.1, 0.15) is 0 Å². The molecule has 3 nitrogen and oxygen atoms in total. The van der Waals surface area contributed by atoms with E-state index in [-0.39, 0.29) is 43.5 Å². The number of carbonyl (C=O) groups is 1. The van der Waals surface area contributed by atoms with Crippen molar-refractivity contribution in [3.63, 3.8) is 0 Å². The third kappa shape index (κ3) is 10.4. The van der Waals surface area contributed by atoms with Crippen molar-refractivity contribution in [1.29, 1.82) is 0 Å². The molecule has 4 rings (SSSR count). The van der Waals surface area contributed by atoms with Gasteiger partial charge in [-0.05, 0) is 48.6 Å². The van der Waals surface area contributed by atoms with E-state index in [1.54, 1.807) is 0 Å². The maximum atomic E-state index is 11.7. The van der Waals surface area contributed by atoms with Gasteiger partial charge in [0.15, 0.2) is 5.78 Å². The minimum Gasteiger partial charge on any atom is -0.512 e. The van der Waals surface area contributed by atoms with E-state index in [1.807, 2.05) is 27.7 Å². The van der Waals surface area contributed by atoms with Crippen LogP contribution in [0.2, 0.25) is 39.3 Å². The molecule has 0 saturated heterocycles. The van der Waals surface area contributed by atoms with E-state index in [9.17, 15) is 9.90 Å². The summed E-state index contributed by atoms with van der Waals surface area (Å²) in [5.74, 6) is 0.547. The molecule has 249 valence electrons. The number of benzene rings is 3. The molecular weight excluding hydrogens is 775 g/mol. The van der Waals surface area contributed by atoms with E-state index in [0.29, 0.717) is 0 Å². The van der Waals surface area contributed by atoms with Crippen molar-refractivity contribution in [2.24, 2.45) is 11.8 Å². The second kappa shape index (κ2) is 17.5. The van der Waals surface area contributed by atoms with Crippen LogP contribution in [0, 0.1) is 17.9 Å². The molecule has 0 aliphatic carbocycles. The molecule has 0 aliphatic heterocycles. The van der Waals surface area contributed by atoms with Crippen LogP contribution in [0.5, 0.6) is 0 Å². The summed E-state index contributed by atoms with van der Waals surface area (Å²) in [7, 11) is -2.81. The maximum absolute atomic E-state index is 11.7. The Morgan fingerprint density at radius 3 is 1.89 bits per heavy atom. The molecule has 1 aromatic heterocycles. The van der Waals surface area contributed by atoms with Gasteiger partial charge in [-0.15, -0.1) is 35.0 Å². The Morgan fingerprint density at radius 2 is 1.35 bits per heavy atom. The van der Waals surface area contributed by atoms with Crippen molar-refractivity contribution in [2.45, 2.75) is 92.7 Å². The monoisotopic (exact) mass is 829 g/mol. The van der Waals surface area contributed by atoms with Gasteiger partial charge < -0.3 is 5.11 Å². The molecule has 0 aliphatic rings. The van der Waals surface area contributed by atoms with Gasteiger partial charge in [-0.1, -0.05) is 121 Å². The zero-order chi connectivity index (χ0) is 33.4. The smallest absolute Gasteiger partial charge is 0.162 e. The summed E-state index contributed by atoms with van der Waals surface area (Å²) >= 11 is 0. The molecule has 0 amide bonds. The molecule has 6 heteroatoms. The predicted molar refractivity (Wildman–Crippen MR) is 201 cm³/mol.